The lowest BCUT2D eigenvalue weighted by Gasteiger charge is -2.03. The molecule has 2 heterocycles. The van der Waals surface area contributed by atoms with Gasteiger partial charge in [0.25, 0.3) is 5.91 Å². The second-order valence-corrected chi connectivity index (χ2v) is 5.72. The summed E-state index contributed by atoms with van der Waals surface area (Å²) >= 11 is 5.98. The highest BCUT2D eigenvalue weighted by atomic mass is 35.5. The van der Waals surface area contributed by atoms with Crippen molar-refractivity contribution in [3.05, 3.63) is 64.6 Å². The van der Waals surface area contributed by atoms with E-state index in [4.69, 9.17) is 11.6 Å². The Balaban J connectivity index is 1.70. The van der Waals surface area contributed by atoms with Crippen LogP contribution in [0.2, 0.25) is 5.02 Å². The van der Waals surface area contributed by atoms with Crippen molar-refractivity contribution in [3.63, 3.8) is 0 Å². The maximum atomic E-state index is 12.2. The molecule has 1 amide bonds. The van der Waals surface area contributed by atoms with Gasteiger partial charge in [0.05, 0.1) is 17.8 Å². The number of carbonyl (C=O) groups excluding carboxylic acids is 1. The molecule has 0 bridgehead atoms. The zero-order valence-electron chi connectivity index (χ0n) is 12.8. The molecule has 23 heavy (non-hydrogen) atoms. The first-order valence-electron chi connectivity index (χ1n) is 7.11. The summed E-state index contributed by atoms with van der Waals surface area (Å²) in [6, 6.07) is 9.35. The maximum absolute atomic E-state index is 12.2. The van der Waals surface area contributed by atoms with Gasteiger partial charge in [-0.25, -0.2) is 0 Å². The third-order valence-corrected chi connectivity index (χ3v) is 3.61. The van der Waals surface area contributed by atoms with E-state index in [2.05, 4.69) is 15.5 Å². The standard InChI is InChI=1S/C16H16ClN5O/c1-11-14(10-21(2)19-11)16(23)18-15-6-7-22(20-15)9-12-4-3-5-13(17)8-12/h3-8,10H,9H2,1-2H3,(H,18,20,23). The summed E-state index contributed by atoms with van der Waals surface area (Å²) in [6.07, 6.45) is 3.50. The first-order chi connectivity index (χ1) is 11.0. The molecular weight excluding hydrogens is 314 g/mol. The smallest absolute Gasteiger partial charge is 0.260 e. The molecule has 0 atom stereocenters. The van der Waals surface area contributed by atoms with Crippen LogP contribution in [0.25, 0.3) is 0 Å². The zero-order chi connectivity index (χ0) is 16.4. The summed E-state index contributed by atoms with van der Waals surface area (Å²) in [5, 5.41) is 12.0. The van der Waals surface area contributed by atoms with Crippen molar-refractivity contribution in [2.75, 3.05) is 5.32 Å². The molecule has 0 spiro atoms. The fourth-order valence-electron chi connectivity index (χ4n) is 2.34. The molecule has 0 fully saturated rings. The highest BCUT2D eigenvalue weighted by molar-refractivity contribution is 6.30. The molecular formula is C16H16ClN5O. The van der Waals surface area contributed by atoms with Crippen molar-refractivity contribution in [3.8, 4) is 0 Å². The lowest BCUT2D eigenvalue weighted by molar-refractivity contribution is 0.102. The molecule has 0 saturated carbocycles. The SMILES string of the molecule is Cc1nn(C)cc1C(=O)Nc1ccn(Cc2cccc(Cl)c2)n1. The highest BCUT2D eigenvalue weighted by Gasteiger charge is 2.13. The molecule has 7 heteroatoms. The predicted octanol–water partition coefficient (Wildman–Crippen LogP) is 2.88. The number of amides is 1. The number of halogens is 1. The van der Waals surface area contributed by atoms with Crippen LogP contribution in [0.5, 0.6) is 0 Å². The Labute approximate surface area is 138 Å². The minimum absolute atomic E-state index is 0.219. The van der Waals surface area contributed by atoms with E-state index in [0.29, 0.717) is 28.6 Å². The molecule has 0 unspecified atom stereocenters. The van der Waals surface area contributed by atoms with E-state index >= 15 is 0 Å². The molecule has 0 aliphatic rings. The summed E-state index contributed by atoms with van der Waals surface area (Å²) in [6.45, 7) is 2.38. The van der Waals surface area contributed by atoms with E-state index < -0.39 is 0 Å². The van der Waals surface area contributed by atoms with Gasteiger partial charge >= 0.3 is 0 Å². The quantitative estimate of drug-likeness (QED) is 0.800. The molecule has 3 aromatic rings. The molecule has 1 aromatic carbocycles. The Morgan fingerprint density at radius 1 is 1.30 bits per heavy atom. The number of nitrogens with one attached hydrogen (secondary N) is 1. The van der Waals surface area contributed by atoms with Crippen LogP contribution in [0, 0.1) is 6.92 Å². The summed E-state index contributed by atoms with van der Waals surface area (Å²) in [5.41, 5.74) is 2.27. The van der Waals surface area contributed by atoms with Crippen LogP contribution in [0.3, 0.4) is 0 Å². The van der Waals surface area contributed by atoms with Crippen LogP contribution in [-0.2, 0) is 13.6 Å². The van der Waals surface area contributed by atoms with Crippen LogP contribution < -0.4 is 5.32 Å². The van der Waals surface area contributed by atoms with Crippen molar-refractivity contribution in [1.29, 1.82) is 0 Å². The maximum Gasteiger partial charge on any atom is 0.260 e. The average Bonchev–Trinajstić information content (AvgIpc) is 3.05. The number of hydrogen-bond acceptors (Lipinski definition) is 3. The van der Waals surface area contributed by atoms with E-state index in [0.717, 1.165) is 5.56 Å². The van der Waals surface area contributed by atoms with Crippen LogP contribution in [-0.4, -0.2) is 25.5 Å². The number of nitrogens with zero attached hydrogens (tertiary/aromatic N) is 4. The number of aryl methyl sites for hydroxylation is 2. The van der Waals surface area contributed by atoms with Crippen LogP contribution in [0.15, 0.2) is 42.7 Å². The summed E-state index contributed by atoms with van der Waals surface area (Å²) in [4.78, 5) is 12.2. The first kappa shape index (κ1) is 15.3. The predicted molar refractivity (Wildman–Crippen MR) is 88.7 cm³/mol. The monoisotopic (exact) mass is 329 g/mol. The second-order valence-electron chi connectivity index (χ2n) is 5.28. The molecule has 3 rings (SSSR count). The van der Waals surface area contributed by atoms with Gasteiger partial charge in [0.2, 0.25) is 0 Å². The number of carbonyl (C=O) groups is 1. The largest absolute Gasteiger partial charge is 0.305 e. The number of rotatable bonds is 4. The minimum atomic E-state index is -0.219. The average molecular weight is 330 g/mol. The lowest BCUT2D eigenvalue weighted by Crippen LogP contribution is -2.13. The van der Waals surface area contributed by atoms with E-state index in [1.54, 1.807) is 35.6 Å². The Morgan fingerprint density at radius 3 is 2.83 bits per heavy atom. The minimum Gasteiger partial charge on any atom is -0.305 e. The van der Waals surface area contributed by atoms with Gasteiger partial charge in [0.1, 0.15) is 0 Å². The van der Waals surface area contributed by atoms with Crippen molar-refractivity contribution in [1.82, 2.24) is 19.6 Å². The Kier molecular flexibility index (Phi) is 4.16. The topological polar surface area (TPSA) is 64.7 Å². The van der Waals surface area contributed by atoms with E-state index in [1.165, 1.54) is 0 Å². The van der Waals surface area contributed by atoms with Gasteiger partial charge in [-0.3, -0.25) is 14.2 Å². The highest BCUT2D eigenvalue weighted by Crippen LogP contribution is 2.13. The molecule has 6 nitrogen and oxygen atoms in total. The molecule has 0 aliphatic carbocycles. The van der Waals surface area contributed by atoms with Gasteiger partial charge in [-0.05, 0) is 24.6 Å². The van der Waals surface area contributed by atoms with Crippen molar-refractivity contribution in [2.45, 2.75) is 13.5 Å². The van der Waals surface area contributed by atoms with E-state index in [-0.39, 0.29) is 5.91 Å². The Bertz CT molecular complexity index is 852. The molecule has 0 saturated heterocycles. The first-order valence-corrected chi connectivity index (χ1v) is 7.48. The summed E-state index contributed by atoms with van der Waals surface area (Å²) < 4.78 is 3.36. The van der Waals surface area contributed by atoms with Gasteiger partial charge in [-0.15, -0.1) is 0 Å². The third kappa shape index (κ3) is 3.60. The fourth-order valence-corrected chi connectivity index (χ4v) is 2.56. The van der Waals surface area contributed by atoms with Gasteiger partial charge in [0.15, 0.2) is 5.82 Å². The van der Waals surface area contributed by atoms with Crippen molar-refractivity contribution in [2.24, 2.45) is 7.05 Å². The number of anilines is 1. The third-order valence-electron chi connectivity index (χ3n) is 3.37. The Hall–Kier alpha value is -2.60. The molecule has 0 radical (unpaired) electrons. The molecule has 0 aliphatic heterocycles. The number of benzene rings is 1. The van der Waals surface area contributed by atoms with E-state index in [9.17, 15) is 4.79 Å². The normalized spacial score (nSPS) is 10.7. The molecule has 118 valence electrons. The van der Waals surface area contributed by atoms with Gasteiger partial charge < -0.3 is 5.32 Å². The lowest BCUT2D eigenvalue weighted by atomic mass is 10.2. The summed E-state index contributed by atoms with van der Waals surface area (Å²) in [7, 11) is 1.78. The van der Waals surface area contributed by atoms with Crippen molar-refractivity contribution < 1.29 is 4.79 Å². The molecule has 1 N–H and O–H groups in total. The molecule has 2 aromatic heterocycles. The van der Waals surface area contributed by atoms with Crippen LogP contribution in [0.4, 0.5) is 5.82 Å². The van der Waals surface area contributed by atoms with Gasteiger partial charge in [-0.2, -0.15) is 10.2 Å². The van der Waals surface area contributed by atoms with Gasteiger partial charge in [0, 0.05) is 30.5 Å². The second kappa shape index (κ2) is 6.26. The number of aromatic nitrogens is 4. The Morgan fingerprint density at radius 2 is 2.13 bits per heavy atom. The van der Waals surface area contributed by atoms with Crippen molar-refractivity contribution >= 4 is 23.3 Å². The van der Waals surface area contributed by atoms with Gasteiger partial charge in [-0.1, -0.05) is 23.7 Å². The fraction of sp³-hybridized carbons (Fsp3) is 0.188. The number of hydrogen-bond donors (Lipinski definition) is 1. The zero-order valence-corrected chi connectivity index (χ0v) is 13.6. The van der Waals surface area contributed by atoms with E-state index in [1.807, 2.05) is 30.5 Å². The summed E-state index contributed by atoms with van der Waals surface area (Å²) in [5.74, 6) is 0.281. The van der Waals surface area contributed by atoms with Crippen LogP contribution >= 0.6 is 11.6 Å². The van der Waals surface area contributed by atoms with Crippen LogP contribution in [0.1, 0.15) is 21.6 Å².